The number of likely N-dealkylation sites (N-methyl/N-ethyl adjacent to an activating group) is 1. The molecule has 2 aromatic carbocycles. The Balaban J connectivity index is 1.46. The number of carbonyl (C=O) groups excluding carboxylic acids is 1. The quantitative estimate of drug-likeness (QED) is 0.530. The van der Waals surface area contributed by atoms with Crippen molar-refractivity contribution in [3.63, 3.8) is 0 Å². The zero-order chi connectivity index (χ0) is 25.8. The molecule has 1 atom stereocenters. The van der Waals surface area contributed by atoms with Crippen molar-refractivity contribution >= 4 is 23.3 Å². The number of ether oxygens (including phenoxy) is 1. The largest absolute Gasteiger partial charge is 0.489 e. The van der Waals surface area contributed by atoms with E-state index in [1.54, 1.807) is 11.9 Å². The van der Waals surface area contributed by atoms with Crippen LogP contribution in [0.25, 0.3) is 0 Å². The Morgan fingerprint density at radius 1 is 1.17 bits per heavy atom. The number of anilines is 2. The van der Waals surface area contributed by atoms with Crippen molar-refractivity contribution in [1.29, 1.82) is 0 Å². The molecular formula is C29H39N3O4. The Morgan fingerprint density at radius 3 is 2.58 bits per heavy atom. The van der Waals surface area contributed by atoms with Crippen LogP contribution in [0.5, 0.6) is 5.75 Å². The summed E-state index contributed by atoms with van der Waals surface area (Å²) in [6.07, 6.45) is 7.20. The Labute approximate surface area is 214 Å². The summed E-state index contributed by atoms with van der Waals surface area (Å²) in [7, 11) is 5.78. The predicted octanol–water partition coefficient (Wildman–Crippen LogP) is 4.64. The molecule has 0 bridgehead atoms. The number of aliphatic carboxylic acids is 1. The number of nitrogens with one attached hydrogen (secondary N) is 1. The number of hydrogen-bond donors (Lipinski definition) is 2. The third kappa shape index (κ3) is 5.51. The highest BCUT2D eigenvalue weighted by Gasteiger charge is 2.30. The Kier molecular flexibility index (Phi) is 8.19. The van der Waals surface area contributed by atoms with E-state index in [-0.39, 0.29) is 12.3 Å². The molecule has 1 unspecified atom stereocenters. The molecule has 0 aromatic heterocycles. The number of carboxylic acids is 1. The topological polar surface area (TPSA) is 82.1 Å². The van der Waals surface area contributed by atoms with E-state index in [1.165, 1.54) is 43.4 Å². The normalized spacial score (nSPS) is 16.5. The van der Waals surface area contributed by atoms with Gasteiger partial charge in [0.2, 0.25) is 5.91 Å². The highest BCUT2D eigenvalue weighted by molar-refractivity contribution is 5.98. The summed E-state index contributed by atoms with van der Waals surface area (Å²) in [5.41, 5.74) is 6.87. The predicted molar refractivity (Wildman–Crippen MR) is 143 cm³/mol. The minimum atomic E-state index is -1.02. The third-order valence-corrected chi connectivity index (χ3v) is 7.74. The van der Waals surface area contributed by atoms with Gasteiger partial charge >= 0.3 is 5.97 Å². The van der Waals surface area contributed by atoms with E-state index >= 15 is 0 Å². The maximum Gasteiger partial charge on any atom is 0.321 e. The van der Waals surface area contributed by atoms with Gasteiger partial charge in [0.15, 0.2) is 0 Å². The molecule has 2 aromatic rings. The second kappa shape index (κ2) is 11.3. The van der Waals surface area contributed by atoms with Crippen LogP contribution in [0.2, 0.25) is 0 Å². The monoisotopic (exact) mass is 493 g/mol. The first-order valence-electron chi connectivity index (χ1n) is 13.1. The van der Waals surface area contributed by atoms with E-state index in [2.05, 4.69) is 42.5 Å². The van der Waals surface area contributed by atoms with Crippen molar-refractivity contribution in [3.05, 3.63) is 52.6 Å². The summed E-state index contributed by atoms with van der Waals surface area (Å²) >= 11 is 0. The van der Waals surface area contributed by atoms with Gasteiger partial charge in [-0.05, 0) is 79.6 Å². The van der Waals surface area contributed by atoms with E-state index in [4.69, 9.17) is 4.74 Å². The summed E-state index contributed by atoms with van der Waals surface area (Å²) < 4.78 is 6.27. The summed E-state index contributed by atoms with van der Waals surface area (Å²) in [4.78, 5) is 28.0. The molecule has 1 aliphatic carbocycles. The molecule has 1 amide bonds. The number of benzene rings is 2. The lowest BCUT2D eigenvalue weighted by atomic mass is 9.83. The fourth-order valence-corrected chi connectivity index (χ4v) is 5.63. The first-order valence-corrected chi connectivity index (χ1v) is 13.1. The van der Waals surface area contributed by atoms with Gasteiger partial charge < -0.3 is 25.0 Å². The van der Waals surface area contributed by atoms with Gasteiger partial charge in [0.25, 0.3) is 0 Å². The second-order valence-electron chi connectivity index (χ2n) is 10.3. The van der Waals surface area contributed by atoms with Crippen LogP contribution in [0.15, 0.2) is 30.3 Å². The van der Waals surface area contributed by atoms with Crippen LogP contribution < -0.4 is 19.9 Å². The number of nitrogens with zero attached hydrogens (tertiary/aromatic N) is 2. The van der Waals surface area contributed by atoms with E-state index in [1.807, 2.05) is 19.1 Å². The van der Waals surface area contributed by atoms with Gasteiger partial charge in [0.1, 0.15) is 18.4 Å². The van der Waals surface area contributed by atoms with Crippen LogP contribution >= 0.6 is 0 Å². The third-order valence-electron chi connectivity index (χ3n) is 7.74. The minimum Gasteiger partial charge on any atom is -0.489 e. The van der Waals surface area contributed by atoms with Gasteiger partial charge in [-0.2, -0.15) is 0 Å². The lowest BCUT2D eigenvalue weighted by Crippen LogP contribution is -2.40. The molecule has 1 fully saturated rings. The zero-order valence-electron chi connectivity index (χ0n) is 22.0. The van der Waals surface area contributed by atoms with Gasteiger partial charge in [-0.25, -0.2) is 0 Å². The number of fused-ring (bicyclic) bond motifs is 1. The van der Waals surface area contributed by atoms with Crippen molar-refractivity contribution < 1.29 is 19.4 Å². The van der Waals surface area contributed by atoms with Crippen LogP contribution in [0.3, 0.4) is 0 Å². The van der Waals surface area contributed by atoms with E-state index in [9.17, 15) is 14.7 Å². The number of rotatable bonds is 9. The average molecular weight is 494 g/mol. The maximum atomic E-state index is 12.8. The van der Waals surface area contributed by atoms with Crippen molar-refractivity contribution in [2.75, 3.05) is 37.5 Å². The van der Waals surface area contributed by atoms with Gasteiger partial charge in [-0.15, -0.1) is 0 Å². The second-order valence-corrected chi connectivity index (χ2v) is 10.3. The average Bonchev–Trinajstić information content (AvgIpc) is 3.32. The van der Waals surface area contributed by atoms with Crippen molar-refractivity contribution in [1.82, 2.24) is 5.32 Å². The Morgan fingerprint density at radius 2 is 1.92 bits per heavy atom. The molecule has 0 radical (unpaired) electrons. The number of carboxylic acid groups (broad SMARTS) is 1. The summed E-state index contributed by atoms with van der Waals surface area (Å²) in [6, 6.07) is 9.71. The van der Waals surface area contributed by atoms with Crippen molar-refractivity contribution in [2.45, 2.75) is 70.4 Å². The smallest absolute Gasteiger partial charge is 0.321 e. The van der Waals surface area contributed by atoms with Crippen LogP contribution in [0, 0.1) is 6.92 Å². The van der Waals surface area contributed by atoms with Crippen molar-refractivity contribution in [2.24, 2.45) is 0 Å². The first-order chi connectivity index (χ1) is 17.3. The molecule has 7 nitrogen and oxygen atoms in total. The summed E-state index contributed by atoms with van der Waals surface area (Å²) in [5, 5.41) is 12.0. The van der Waals surface area contributed by atoms with Crippen molar-refractivity contribution in [3.8, 4) is 5.75 Å². The van der Waals surface area contributed by atoms with Gasteiger partial charge in [-0.3, -0.25) is 9.59 Å². The molecule has 7 heteroatoms. The van der Waals surface area contributed by atoms with Crippen LogP contribution in [-0.4, -0.2) is 50.7 Å². The summed E-state index contributed by atoms with van der Waals surface area (Å²) in [5.74, 6) is 0.270. The fourth-order valence-electron chi connectivity index (χ4n) is 5.63. The lowest BCUT2D eigenvalue weighted by molar-refractivity contribution is -0.141. The Hall–Kier alpha value is -3.06. The number of amides is 1. The van der Waals surface area contributed by atoms with Crippen LogP contribution in [0.4, 0.5) is 11.4 Å². The van der Waals surface area contributed by atoms with E-state index in [0.29, 0.717) is 19.1 Å². The molecule has 0 spiro atoms. The standard InChI is InChI=1S/C29H39N3O4/c1-19-22-14-15-32(28(33)17-24(30-2)29(34)35)25(22)12-13-27(19)36-18-20-10-11-23(26(16-20)31(3)4)21-8-6-5-7-9-21/h10-13,16,21,24,30H,5-9,14-15,17-18H2,1-4H3,(H,34,35). The van der Waals surface area contributed by atoms with E-state index in [0.717, 1.165) is 34.5 Å². The van der Waals surface area contributed by atoms with Crippen LogP contribution in [-0.2, 0) is 22.6 Å². The number of hydrogen-bond acceptors (Lipinski definition) is 5. The molecule has 4 rings (SSSR count). The Bertz CT molecular complexity index is 1110. The van der Waals surface area contributed by atoms with Gasteiger partial charge in [-0.1, -0.05) is 31.4 Å². The first kappa shape index (κ1) is 26.0. The molecule has 194 valence electrons. The SMILES string of the molecule is CNC(CC(=O)N1CCc2c1ccc(OCc1ccc(C3CCCCC3)c(N(C)C)c1)c2C)C(=O)O. The molecule has 2 N–H and O–H groups in total. The molecule has 1 aliphatic heterocycles. The molecule has 36 heavy (non-hydrogen) atoms. The van der Waals surface area contributed by atoms with Gasteiger partial charge in [0.05, 0.1) is 6.42 Å². The number of carbonyl (C=O) groups is 2. The zero-order valence-corrected chi connectivity index (χ0v) is 22.0. The molecule has 0 saturated heterocycles. The highest BCUT2D eigenvalue weighted by Crippen LogP contribution is 2.39. The molecule has 1 saturated carbocycles. The molecular weight excluding hydrogens is 454 g/mol. The fraction of sp³-hybridized carbons (Fsp3) is 0.517. The highest BCUT2D eigenvalue weighted by atomic mass is 16.5. The molecule has 2 aliphatic rings. The lowest BCUT2D eigenvalue weighted by Gasteiger charge is -2.27. The summed E-state index contributed by atoms with van der Waals surface area (Å²) in [6.45, 7) is 3.08. The minimum absolute atomic E-state index is 0.0758. The van der Waals surface area contributed by atoms with E-state index < -0.39 is 12.0 Å². The van der Waals surface area contributed by atoms with Crippen LogP contribution in [0.1, 0.15) is 66.7 Å². The maximum absolute atomic E-state index is 12.8. The van der Waals surface area contributed by atoms with Gasteiger partial charge in [0, 0.05) is 32.0 Å². The molecule has 1 heterocycles.